The van der Waals surface area contributed by atoms with Crippen molar-refractivity contribution in [3.05, 3.63) is 40.9 Å². The number of carbonyl (C=O) groups excluding carboxylic acids is 1. The van der Waals surface area contributed by atoms with Crippen LogP contribution >= 0.6 is 11.6 Å². The molecule has 3 heterocycles. The van der Waals surface area contributed by atoms with Crippen molar-refractivity contribution in [2.24, 2.45) is 0 Å². The van der Waals surface area contributed by atoms with Crippen LogP contribution in [0.15, 0.2) is 28.9 Å². The van der Waals surface area contributed by atoms with Gasteiger partial charge in [-0.2, -0.15) is 0 Å². The van der Waals surface area contributed by atoms with Gasteiger partial charge < -0.3 is 9.84 Å². The van der Waals surface area contributed by atoms with Crippen molar-refractivity contribution < 1.29 is 9.32 Å². The van der Waals surface area contributed by atoms with Gasteiger partial charge in [0.15, 0.2) is 5.76 Å². The predicted octanol–water partition coefficient (Wildman–Crippen LogP) is 1.79. The largest absolute Gasteiger partial charge is 0.360 e. The molecule has 24 heavy (non-hydrogen) atoms. The molecule has 0 aliphatic carbocycles. The number of pyridine rings is 1. The van der Waals surface area contributed by atoms with Crippen molar-refractivity contribution in [1.29, 1.82) is 0 Å². The molecular weight excluding hydrogens is 330 g/mol. The Bertz CT molecular complexity index is 680. The highest BCUT2D eigenvalue weighted by molar-refractivity contribution is 6.30. The lowest BCUT2D eigenvalue weighted by Gasteiger charge is -2.33. The van der Waals surface area contributed by atoms with Crippen LogP contribution in [-0.4, -0.2) is 58.6 Å². The highest BCUT2D eigenvalue weighted by Gasteiger charge is 2.20. The molecule has 1 aliphatic heterocycles. The first-order chi connectivity index (χ1) is 11.6. The summed E-state index contributed by atoms with van der Waals surface area (Å²) in [5.74, 6) is 1.33. The van der Waals surface area contributed by atoms with Gasteiger partial charge in [-0.25, -0.2) is 4.98 Å². The number of aryl methyl sites for hydroxylation is 1. The summed E-state index contributed by atoms with van der Waals surface area (Å²) < 4.78 is 5.25. The Hall–Kier alpha value is -1.96. The molecule has 1 fully saturated rings. The summed E-state index contributed by atoms with van der Waals surface area (Å²) >= 11 is 5.78. The molecule has 0 saturated carbocycles. The van der Waals surface area contributed by atoms with Gasteiger partial charge in [-0.05, 0) is 19.1 Å². The summed E-state index contributed by atoms with van der Waals surface area (Å²) in [6.45, 7) is 6.51. The Kier molecular flexibility index (Phi) is 5.44. The van der Waals surface area contributed by atoms with Gasteiger partial charge in [0.25, 0.3) is 0 Å². The number of hydrogen-bond acceptors (Lipinski definition) is 6. The molecule has 0 bridgehead atoms. The molecule has 8 heteroatoms. The Balaban J connectivity index is 1.41. The van der Waals surface area contributed by atoms with Crippen molar-refractivity contribution in [1.82, 2.24) is 19.9 Å². The van der Waals surface area contributed by atoms with Crippen molar-refractivity contribution in [2.75, 3.05) is 38.0 Å². The van der Waals surface area contributed by atoms with Gasteiger partial charge >= 0.3 is 0 Å². The van der Waals surface area contributed by atoms with E-state index in [0.29, 0.717) is 17.4 Å². The van der Waals surface area contributed by atoms with Crippen molar-refractivity contribution >= 4 is 23.3 Å². The molecule has 0 spiro atoms. The Morgan fingerprint density at radius 3 is 2.67 bits per heavy atom. The number of amides is 1. The van der Waals surface area contributed by atoms with Crippen LogP contribution in [0.4, 0.5) is 5.82 Å². The highest BCUT2D eigenvalue weighted by Crippen LogP contribution is 2.11. The second-order valence-corrected chi connectivity index (χ2v) is 6.33. The van der Waals surface area contributed by atoms with E-state index in [2.05, 4.69) is 25.3 Å². The van der Waals surface area contributed by atoms with Crippen molar-refractivity contribution in [3.63, 3.8) is 0 Å². The van der Waals surface area contributed by atoms with Crippen LogP contribution in [0.2, 0.25) is 5.02 Å². The van der Waals surface area contributed by atoms with Gasteiger partial charge in [0.1, 0.15) is 5.82 Å². The first-order valence-corrected chi connectivity index (χ1v) is 8.24. The minimum Gasteiger partial charge on any atom is -0.360 e. The second kappa shape index (κ2) is 7.74. The van der Waals surface area contributed by atoms with Crippen LogP contribution in [0.25, 0.3) is 0 Å². The number of anilines is 1. The highest BCUT2D eigenvalue weighted by atomic mass is 35.5. The number of carbonyl (C=O) groups is 1. The molecule has 2 aromatic heterocycles. The van der Waals surface area contributed by atoms with Crippen LogP contribution in [-0.2, 0) is 11.3 Å². The van der Waals surface area contributed by atoms with E-state index in [0.717, 1.165) is 44.2 Å². The number of aromatic nitrogens is 2. The van der Waals surface area contributed by atoms with Gasteiger partial charge in [-0.15, -0.1) is 0 Å². The Labute approximate surface area is 145 Å². The molecule has 0 radical (unpaired) electrons. The average molecular weight is 350 g/mol. The average Bonchev–Trinajstić information content (AvgIpc) is 2.96. The summed E-state index contributed by atoms with van der Waals surface area (Å²) in [5.41, 5.74) is 0.899. The fourth-order valence-corrected chi connectivity index (χ4v) is 2.76. The van der Waals surface area contributed by atoms with Gasteiger partial charge in [0.2, 0.25) is 5.91 Å². The molecule has 3 rings (SSSR count). The molecule has 0 atom stereocenters. The monoisotopic (exact) mass is 349 g/mol. The van der Waals surface area contributed by atoms with Crippen LogP contribution in [0.1, 0.15) is 11.5 Å². The molecule has 0 aromatic carbocycles. The van der Waals surface area contributed by atoms with Gasteiger partial charge in [0.05, 0.1) is 23.8 Å². The fourth-order valence-electron chi connectivity index (χ4n) is 2.65. The van der Waals surface area contributed by atoms with Gasteiger partial charge in [-0.3, -0.25) is 14.6 Å². The zero-order valence-electron chi connectivity index (χ0n) is 13.5. The summed E-state index contributed by atoms with van der Waals surface area (Å²) in [6.07, 6.45) is 1.52. The zero-order chi connectivity index (χ0) is 16.9. The minimum absolute atomic E-state index is 0.0656. The van der Waals surface area contributed by atoms with Crippen LogP contribution in [0, 0.1) is 6.92 Å². The van der Waals surface area contributed by atoms with Gasteiger partial charge in [-0.1, -0.05) is 16.8 Å². The lowest BCUT2D eigenvalue weighted by Crippen LogP contribution is -2.48. The molecule has 128 valence electrons. The second-order valence-electron chi connectivity index (χ2n) is 5.90. The number of nitrogens with one attached hydrogen (secondary N) is 1. The van der Waals surface area contributed by atoms with E-state index in [1.165, 1.54) is 6.20 Å². The van der Waals surface area contributed by atoms with Crippen molar-refractivity contribution in [2.45, 2.75) is 13.5 Å². The number of rotatable bonds is 5. The van der Waals surface area contributed by atoms with Crippen molar-refractivity contribution in [3.8, 4) is 0 Å². The number of hydrogen-bond donors (Lipinski definition) is 1. The third-order valence-electron chi connectivity index (χ3n) is 3.88. The van der Waals surface area contributed by atoms with Crippen LogP contribution in [0.3, 0.4) is 0 Å². The molecular formula is C16H20ClN5O2. The summed E-state index contributed by atoms with van der Waals surface area (Å²) in [5, 5.41) is 7.23. The number of halogens is 1. The molecule has 1 saturated heterocycles. The smallest absolute Gasteiger partial charge is 0.239 e. The number of piperazine rings is 1. The quantitative estimate of drug-likeness (QED) is 0.887. The third kappa shape index (κ3) is 4.77. The Morgan fingerprint density at radius 2 is 2.04 bits per heavy atom. The summed E-state index contributed by atoms with van der Waals surface area (Å²) in [6, 6.07) is 5.35. The maximum atomic E-state index is 12.1. The van der Waals surface area contributed by atoms with E-state index in [4.69, 9.17) is 16.1 Å². The van der Waals surface area contributed by atoms with E-state index in [9.17, 15) is 4.79 Å². The van der Waals surface area contributed by atoms with E-state index >= 15 is 0 Å². The summed E-state index contributed by atoms with van der Waals surface area (Å²) in [4.78, 5) is 20.6. The SMILES string of the molecule is Cc1cc(CN2CCN(CC(=O)Nc3ccc(Cl)cn3)CC2)on1. The summed E-state index contributed by atoms with van der Waals surface area (Å²) in [7, 11) is 0. The molecule has 1 amide bonds. The van der Waals surface area contributed by atoms with E-state index < -0.39 is 0 Å². The maximum Gasteiger partial charge on any atom is 0.239 e. The zero-order valence-corrected chi connectivity index (χ0v) is 14.3. The van der Waals surface area contributed by atoms with Crippen LogP contribution < -0.4 is 5.32 Å². The predicted molar refractivity (Wildman–Crippen MR) is 90.8 cm³/mol. The molecule has 0 unspecified atom stereocenters. The van der Waals surface area contributed by atoms with Gasteiger partial charge in [0, 0.05) is 38.4 Å². The molecule has 7 nitrogen and oxygen atoms in total. The first kappa shape index (κ1) is 16.9. The molecule has 1 N–H and O–H groups in total. The third-order valence-corrected chi connectivity index (χ3v) is 4.11. The fraction of sp³-hybridized carbons (Fsp3) is 0.438. The standard InChI is InChI=1S/C16H20ClN5O2/c1-12-8-14(24-20-12)10-21-4-6-22(7-5-21)11-16(23)19-15-3-2-13(17)9-18-15/h2-3,8-9H,4-7,10-11H2,1H3,(H,18,19,23). The molecule has 1 aliphatic rings. The number of nitrogens with zero attached hydrogens (tertiary/aromatic N) is 4. The normalized spacial score (nSPS) is 16.2. The minimum atomic E-state index is -0.0656. The first-order valence-electron chi connectivity index (χ1n) is 7.87. The maximum absolute atomic E-state index is 12.1. The molecule has 2 aromatic rings. The van der Waals surface area contributed by atoms with E-state index in [1.54, 1.807) is 12.1 Å². The van der Waals surface area contributed by atoms with Crippen LogP contribution in [0.5, 0.6) is 0 Å². The Morgan fingerprint density at radius 1 is 1.29 bits per heavy atom. The van der Waals surface area contributed by atoms with E-state index in [1.807, 2.05) is 13.0 Å². The lowest BCUT2D eigenvalue weighted by molar-refractivity contribution is -0.117. The topological polar surface area (TPSA) is 74.5 Å². The van der Waals surface area contributed by atoms with E-state index in [-0.39, 0.29) is 5.91 Å². The lowest BCUT2D eigenvalue weighted by atomic mass is 10.3.